The van der Waals surface area contributed by atoms with Crippen LogP contribution in [0.5, 0.6) is 0 Å². The molecule has 1 aliphatic heterocycles. The first kappa shape index (κ1) is 46.7. The van der Waals surface area contributed by atoms with Gasteiger partial charge >= 0.3 is 11.9 Å². The standard InChI is InChI=1S/C15H23NO8S.C15H23NO5S2.CH4/c1-12(17)25-11-10-23-9-8-22-7-6-21-5-4-15(20)24-16-13(18)2-3-14(16)19;1-18-15(17)5-7-19-8-9-20-10-11-21-12-13-22-23-14-4-2-3-6-16-14;/h2-11H2,1H3;2-4,6H,5,7-13H2,1H3;1H4. The van der Waals surface area contributed by atoms with Gasteiger partial charge < -0.3 is 38.0 Å². The Hall–Kier alpha value is -2.29. The SMILES string of the molecule is C.CC(=O)SCCOCCOCCOCCC(=O)ON1C(=O)CCC1=O.COC(=O)CCOCCOCCOCCSSc1ccccn1. The number of nitrogens with zero attached hydrogens (tertiary/aromatic N) is 2. The monoisotopic (exact) mass is 754 g/mol. The highest BCUT2D eigenvalue weighted by Gasteiger charge is 2.32. The molecule has 49 heavy (non-hydrogen) atoms. The number of aromatic nitrogens is 1. The van der Waals surface area contributed by atoms with Gasteiger partial charge in [-0.2, -0.15) is 0 Å². The van der Waals surface area contributed by atoms with Crippen molar-refractivity contribution in [1.82, 2.24) is 10.0 Å². The highest BCUT2D eigenvalue weighted by Crippen LogP contribution is 2.28. The average Bonchev–Trinajstić information content (AvgIpc) is 3.39. The van der Waals surface area contributed by atoms with Crippen LogP contribution in [-0.4, -0.2) is 137 Å². The number of thioether (sulfide) groups is 1. The van der Waals surface area contributed by atoms with Crippen molar-refractivity contribution in [3.8, 4) is 0 Å². The summed E-state index contributed by atoms with van der Waals surface area (Å²) in [6.45, 7) is 6.72. The molecular weight excluding hydrogens is 705 g/mol. The number of amides is 2. The fraction of sp³-hybridized carbons (Fsp3) is 0.677. The predicted molar refractivity (Wildman–Crippen MR) is 186 cm³/mol. The van der Waals surface area contributed by atoms with E-state index in [1.807, 2.05) is 18.2 Å². The van der Waals surface area contributed by atoms with Crippen LogP contribution >= 0.6 is 33.3 Å². The second-order valence-corrected chi connectivity index (χ2v) is 12.9. The van der Waals surface area contributed by atoms with Crippen LogP contribution in [0.25, 0.3) is 0 Å². The van der Waals surface area contributed by atoms with Gasteiger partial charge in [-0.05, 0) is 22.9 Å². The van der Waals surface area contributed by atoms with Crippen LogP contribution in [0.2, 0.25) is 0 Å². The summed E-state index contributed by atoms with van der Waals surface area (Å²) >= 11 is 1.22. The molecule has 1 fully saturated rings. The minimum atomic E-state index is -0.693. The average molecular weight is 755 g/mol. The number of methoxy groups -OCH3 is 1. The lowest BCUT2D eigenvalue weighted by atomic mass is 10.4. The van der Waals surface area contributed by atoms with Crippen LogP contribution < -0.4 is 0 Å². The first-order valence-electron chi connectivity index (χ1n) is 15.3. The number of pyridine rings is 1. The van der Waals surface area contributed by atoms with Gasteiger partial charge in [0, 0.05) is 37.5 Å². The van der Waals surface area contributed by atoms with E-state index in [1.165, 1.54) is 25.8 Å². The van der Waals surface area contributed by atoms with Crippen molar-refractivity contribution in [2.75, 3.05) is 97.9 Å². The molecule has 0 aliphatic carbocycles. The molecule has 0 saturated carbocycles. The molecule has 15 nitrogen and oxygen atoms in total. The maximum absolute atomic E-state index is 11.5. The number of imide groups is 1. The Bertz CT molecular complexity index is 1030. The molecule has 0 bridgehead atoms. The number of hydrogen-bond donors (Lipinski definition) is 0. The fourth-order valence-corrected chi connectivity index (χ4v) is 5.37. The normalized spacial score (nSPS) is 12.2. The third kappa shape index (κ3) is 28.1. The van der Waals surface area contributed by atoms with E-state index in [1.54, 1.807) is 27.8 Å². The molecule has 0 spiro atoms. The van der Waals surface area contributed by atoms with E-state index in [2.05, 4.69) is 14.6 Å². The summed E-state index contributed by atoms with van der Waals surface area (Å²) in [6.07, 6.45) is 2.14. The zero-order chi connectivity index (χ0) is 35.1. The van der Waals surface area contributed by atoms with Crippen LogP contribution in [0, 0.1) is 0 Å². The smallest absolute Gasteiger partial charge is 0.335 e. The molecule has 0 N–H and O–H groups in total. The summed E-state index contributed by atoms with van der Waals surface area (Å²) < 4.78 is 36.3. The third-order valence-electron chi connectivity index (χ3n) is 5.44. The van der Waals surface area contributed by atoms with E-state index in [4.69, 9.17) is 28.4 Å². The number of hydroxylamine groups is 2. The topological polar surface area (TPSA) is 175 Å². The highest BCUT2D eigenvalue weighted by molar-refractivity contribution is 8.76. The van der Waals surface area contributed by atoms with Crippen LogP contribution in [0.15, 0.2) is 29.4 Å². The first-order chi connectivity index (χ1) is 23.3. The number of ether oxygens (including phenoxy) is 7. The highest BCUT2D eigenvalue weighted by atomic mass is 33.1. The molecule has 2 amide bonds. The molecule has 2 heterocycles. The Morgan fingerprint density at radius 2 is 1.20 bits per heavy atom. The number of rotatable bonds is 27. The molecule has 18 heteroatoms. The molecule has 0 unspecified atom stereocenters. The first-order valence-corrected chi connectivity index (χ1v) is 18.6. The van der Waals surface area contributed by atoms with E-state index < -0.39 is 17.8 Å². The Morgan fingerprint density at radius 1 is 0.714 bits per heavy atom. The lowest BCUT2D eigenvalue weighted by molar-refractivity contribution is -0.198. The van der Waals surface area contributed by atoms with E-state index in [0.29, 0.717) is 83.5 Å². The fourth-order valence-electron chi connectivity index (χ4n) is 3.14. The minimum Gasteiger partial charge on any atom is -0.469 e. The lowest BCUT2D eigenvalue weighted by Crippen LogP contribution is -2.32. The maximum Gasteiger partial charge on any atom is 0.335 e. The van der Waals surface area contributed by atoms with Crippen molar-refractivity contribution in [3.63, 3.8) is 0 Å². The molecule has 1 aromatic heterocycles. The lowest BCUT2D eigenvalue weighted by Gasteiger charge is -2.12. The van der Waals surface area contributed by atoms with E-state index in [9.17, 15) is 24.0 Å². The predicted octanol–water partition coefficient (Wildman–Crippen LogP) is 3.38. The Balaban J connectivity index is 0.000000925. The molecule has 0 radical (unpaired) electrons. The molecule has 280 valence electrons. The van der Waals surface area contributed by atoms with Crippen molar-refractivity contribution in [2.45, 2.75) is 45.1 Å². The molecular formula is C31H50N2O13S3. The number of hydrogen-bond acceptors (Lipinski definition) is 17. The van der Waals surface area contributed by atoms with E-state index in [-0.39, 0.29) is 50.8 Å². The molecule has 0 atom stereocenters. The van der Waals surface area contributed by atoms with Crippen LogP contribution in [-0.2, 0) is 62.0 Å². The second-order valence-electron chi connectivity index (χ2n) is 9.21. The van der Waals surface area contributed by atoms with Crippen molar-refractivity contribution in [3.05, 3.63) is 24.4 Å². The van der Waals surface area contributed by atoms with Gasteiger partial charge in [0.25, 0.3) is 11.8 Å². The molecule has 2 rings (SSSR count). The second kappa shape index (κ2) is 32.9. The largest absolute Gasteiger partial charge is 0.469 e. The van der Waals surface area contributed by atoms with Crippen molar-refractivity contribution in [2.24, 2.45) is 0 Å². The third-order valence-corrected chi connectivity index (χ3v) is 8.45. The number of carbonyl (C=O) groups is 5. The zero-order valence-electron chi connectivity index (χ0n) is 27.5. The summed E-state index contributed by atoms with van der Waals surface area (Å²) in [5.41, 5.74) is 0. The van der Waals surface area contributed by atoms with Gasteiger partial charge in [-0.25, -0.2) is 9.78 Å². The quantitative estimate of drug-likeness (QED) is 0.0553. The van der Waals surface area contributed by atoms with Crippen molar-refractivity contribution < 1.29 is 62.0 Å². The Labute approximate surface area is 300 Å². The molecule has 0 aromatic carbocycles. The number of carbonyl (C=O) groups excluding carboxylic acids is 5. The van der Waals surface area contributed by atoms with Gasteiger partial charge in [-0.3, -0.25) is 19.2 Å². The van der Waals surface area contributed by atoms with Crippen molar-refractivity contribution >= 4 is 62.2 Å². The Morgan fingerprint density at radius 3 is 1.69 bits per heavy atom. The summed E-state index contributed by atoms with van der Waals surface area (Å²) in [4.78, 5) is 64.4. The zero-order valence-corrected chi connectivity index (χ0v) is 29.9. The van der Waals surface area contributed by atoms with Crippen LogP contribution in [0.1, 0.15) is 40.0 Å². The van der Waals surface area contributed by atoms with Gasteiger partial charge in [-0.1, -0.05) is 36.0 Å². The van der Waals surface area contributed by atoms with Gasteiger partial charge in [-0.15, -0.1) is 5.06 Å². The van der Waals surface area contributed by atoms with Gasteiger partial charge in [0.15, 0.2) is 5.12 Å². The number of esters is 1. The van der Waals surface area contributed by atoms with Gasteiger partial charge in [0.1, 0.15) is 5.03 Å². The summed E-state index contributed by atoms with van der Waals surface area (Å²) in [5.74, 6) is -0.439. The summed E-state index contributed by atoms with van der Waals surface area (Å²) in [7, 11) is 4.73. The molecule has 1 aliphatic rings. The van der Waals surface area contributed by atoms with Crippen LogP contribution in [0.4, 0.5) is 0 Å². The Kier molecular flexibility index (Phi) is 31.4. The van der Waals surface area contributed by atoms with Crippen LogP contribution in [0.3, 0.4) is 0 Å². The van der Waals surface area contributed by atoms with E-state index in [0.717, 1.165) is 10.8 Å². The molecule has 1 saturated heterocycles. The van der Waals surface area contributed by atoms with E-state index >= 15 is 0 Å². The maximum atomic E-state index is 11.5. The minimum absolute atomic E-state index is 0. The summed E-state index contributed by atoms with van der Waals surface area (Å²) in [5, 5.41) is 1.59. The van der Waals surface area contributed by atoms with Crippen molar-refractivity contribution in [1.29, 1.82) is 0 Å². The van der Waals surface area contributed by atoms with Gasteiger partial charge in [0.2, 0.25) is 0 Å². The molecule has 1 aromatic rings. The summed E-state index contributed by atoms with van der Waals surface area (Å²) in [6, 6.07) is 5.87. The van der Waals surface area contributed by atoms with Gasteiger partial charge in [0.05, 0.1) is 99.2 Å².